The van der Waals surface area contributed by atoms with Crippen molar-refractivity contribution in [3.05, 3.63) is 28.6 Å². The molecule has 2 heterocycles. The predicted octanol–water partition coefficient (Wildman–Crippen LogP) is 1.58. The largest absolute Gasteiger partial charge is 0.353 e. The van der Waals surface area contributed by atoms with Crippen molar-refractivity contribution < 1.29 is 9.59 Å². The molecular weight excluding hydrogens is 386 g/mol. The third-order valence-corrected chi connectivity index (χ3v) is 4.30. The Kier molecular flexibility index (Phi) is 6.92. The minimum absolute atomic E-state index is 0.263. The minimum Gasteiger partial charge on any atom is -0.353 e. The molecule has 1 aliphatic rings. The number of halogens is 1. The van der Waals surface area contributed by atoms with Gasteiger partial charge >= 0.3 is 11.8 Å². The molecule has 2 rings (SSSR count). The number of piperazine rings is 1. The number of amides is 2. The molecule has 2 amide bonds. The zero-order valence-corrected chi connectivity index (χ0v) is 16.4. The third kappa shape index (κ3) is 5.26. The highest BCUT2D eigenvalue weighted by atomic mass is 79.9. The van der Waals surface area contributed by atoms with Crippen molar-refractivity contribution in [2.45, 2.75) is 26.7 Å². The van der Waals surface area contributed by atoms with E-state index < -0.39 is 11.8 Å². The van der Waals surface area contributed by atoms with E-state index >= 15 is 0 Å². The van der Waals surface area contributed by atoms with E-state index in [4.69, 9.17) is 0 Å². The van der Waals surface area contributed by atoms with Crippen LogP contribution in [0.15, 0.2) is 17.1 Å². The zero-order valence-electron chi connectivity index (χ0n) is 14.8. The second-order valence-corrected chi connectivity index (χ2v) is 6.76. The van der Waals surface area contributed by atoms with Crippen molar-refractivity contribution in [3.8, 4) is 0 Å². The van der Waals surface area contributed by atoms with Crippen LogP contribution in [0.2, 0.25) is 0 Å². The summed E-state index contributed by atoms with van der Waals surface area (Å²) in [6.07, 6.45) is 1.72. The number of carbonyl (C=O) groups excluding carboxylic acids is 2. The molecule has 1 N–H and O–H groups in total. The molecule has 7 nitrogen and oxygen atoms in total. The van der Waals surface area contributed by atoms with E-state index in [1.165, 1.54) is 0 Å². The van der Waals surface area contributed by atoms with Crippen molar-refractivity contribution in [2.75, 3.05) is 37.6 Å². The standard InChI is InChI=1S/C17H24BrN5O2/c1-12(2)15-20-13(3)11-14(21-15)22-7-9-23(10-8-22)17(25)16(24)19-6-4-5-18/h4-5,11-12H,6-10H2,1-3H3,(H,19,24)/b5-4+. The summed E-state index contributed by atoms with van der Waals surface area (Å²) in [4.78, 5) is 38.5. The molecule has 25 heavy (non-hydrogen) atoms. The number of carbonyl (C=O) groups is 2. The quantitative estimate of drug-likeness (QED) is 0.763. The van der Waals surface area contributed by atoms with Gasteiger partial charge in [-0.2, -0.15) is 0 Å². The fourth-order valence-electron chi connectivity index (χ4n) is 2.55. The van der Waals surface area contributed by atoms with E-state index in [-0.39, 0.29) is 5.92 Å². The Hall–Kier alpha value is -1.96. The van der Waals surface area contributed by atoms with Crippen molar-refractivity contribution in [1.29, 1.82) is 0 Å². The Balaban J connectivity index is 1.95. The lowest BCUT2D eigenvalue weighted by molar-refractivity contribution is -0.145. The topological polar surface area (TPSA) is 78.4 Å². The van der Waals surface area contributed by atoms with Crippen LogP contribution in [0.25, 0.3) is 0 Å². The van der Waals surface area contributed by atoms with Crippen LogP contribution in [-0.2, 0) is 9.59 Å². The molecule has 0 saturated carbocycles. The maximum Gasteiger partial charge on any atom is 0.312 e. The van der Waals surface area contributed by atoms with Gasteiger partial charge in [-0.05, 0) is 11.9 Å². The number of aromatic nitrogens is 2. The van der Waals surface area contributed by atoms with Crippen molar-refractivity contribution in [3.63, 3.8) is 0 Å². The molecule has 1 fully saturated rings. The molecule has 0 radical (unpaired) electrons. The normalized spacial score (nSPS) is 15.1. The van der Waals surface area contributed by atoms with Crippen LogP contribution in [0.1, 0.15) is 31.3 Å². The second kappa shape index (κ2) is 8.94. The lowest BCUT2D eigenvalue weighted by Gasteiger charge is -2.35. The van der Waals surface area contributed by atoms with E-state index in [1.54, 1.807) is 16.0 Å². The summed E-state index contributed by atoms with van der Waals surface area (Å²) in [5, 5.41) is 2.57. The van der Waals surface area contributed by atoms with E-state index in [0.29, 0.717) is 32.7 Å². The van der Waals surface area contributed by atoms with E-state index in [0.717, 1.165) is 17.3 Å². The van der Waals surface area contributed by atoms with E-state index in [9.17, 15) is 9.59 Å². The number of hydrogen-bond acceptors (Lipinski definition) is 5. The van der Waals surface area contributed by atoms with Crippen LogP contribution in [0, 0.1) is 6.92 Å². The average molecular weight is 410 g/mol. The molecule has 0 atom stereocenters. The Labute approximate surface area is 156 Å². The van der Waals surface area contributed by atoms with Gasteiger partial charge in [-0.3, -0.25) is 9.59 Å². The lowest BCUT2D eigenvalue weighted by atomic mass is 10.2. The first-order valence-corrected chi connectivity index (χ1v) is 9.26. The van der Waals surface area contributed by atoms with Crippen LogP contribution < -0.4 is 10.2 Å². The van der Waals surface area contributed by atoms with Crippen LogP contribution >= 0.6 is 15.9 Å². The molecule has 8 heteroatoms. The van der Waals surface area contributed by atoms with E-state index in [1.807, 2.05) is 13.0 Å². The Bertz CT molecular complexity index is 654. The third-order valence-electron chi connectivity index (χ3n) is 3.93. The molecule has 0 spiro atoms. The fourth-order valence-corrected chi connectivity index (χ4v) is 2.74. The van der Waals surface area contributed by atoms with E-state index in [2.05, 4.69) is 50.0 Å². The van der Waals surface area contributed by atoms with Crippen LogP contribution in [0.4, 0.5) is 5.82 Å². The first-order chi connectivity index (χ1) is 11.9. The maximum atomic E-state index is 12.2. The summed E-state index contributed by atoms with van der Waals surface area (Å²) >= 11 is 3.12. The lowest BCUT2D eigenvalue weighted by Crippen LogP contribution is -2.53. The highest BCUT2D eigenvalue weighted by Gasteiger charge is 2.26. The van der Waals surface area contributed by atoms with Crippen LogP contribution in [0.5, 0.6) is 0 Å². The minimum atomic E-state index is -0.570. The average Bonchev–Trinajstić information content (AvgIpc) is 2.60. The van der Waals surface area contributed by atoms with Gasteiger partial charge < -0.3 is 15.1 Å². The summed E-state index contributed by atoms with van der Waals surface area (Å²) in [6.45, 7) is 8.72. The zero-order chi connectivity index (χ0) is 18.4. The number of nitrogens with zero attached hydrogens (tertiary/aromatic N) is 4. The molecule has 1 aromatic heterocycles. The summed E-state index contributed by atoms with van der Waals surface area (Å²) in [5.41, 5.74) is 0.937. The summed E-state index contributed by atoms with van der Waals surface area (Å²) < 4.78 is 0. The molecule has 0 unspecified atom stereocenters. The van der Waals surface area contributed by atoms with Crippen LogP contribution in [0.3, 0.4) is 0 Å². The molecule has 136 valence electrons. The number of aryl methyl sites for hydroxylation is 1. The molecule has 0 bridgehead atoms. The van der Waals surface area contributed by atoms with Crippen LogP contribution in [-0.4, -0.2) is 59.4 Å². The highest BCUT2D eigenvalue weighted by molar-refractivity contribution is 9.11. The van der Waals surface area contributed by atoms with Gasteiger partial charge in [0.2, 0.25) is 0 Å². The Morgan fingerprint density at radius 3 is 2.56 bits per heavy atom. The predicted molar refractivity (Wildman–Crippen MR) is 101 cm³/mol. The van der Waals surface area contributed by atoms with Gasteiger partial charge in [-0.15, -0.1) is 0 Å². The van der Waals surface area contributed by atoms with Gasteiger partial charge in [0.05, 0.1) is 0 Å². The smallest absolute Gasteiger partial charge is 0.312 e. The maximum absolute atomic E-state index is 12.2. The Morgan fingerprint density at radius 1 is 1.28 bits per heavy atom. The summed E-state index contributed by atoms with van der Waals surface area (Å²) in [6, 6.07) is 1.96. The molecule has 1 aliphatic heterocycles. The fraction of sp³-hybridized carbons (Fsp3) is 0.529. The van der Waals surface area contributed by atoms with Gasteiger partial charge in [0.25, 0.3) is 0 Å². The number of hydrogen-bond donors (Lipinski definition) is 1. The molecule has 1 saturated heterocycles. The Morgan fingerprint density at radius 2 is 1.96 bits per heavy atom. The SMILES string of the molecule is Cc1cc(N2CCN(C(=O)C(=O)NC/C=C/Br)CC2)nc(C(C)C)n1. The molecular formula is C17H24BrN5O2. The highest BCUT2D eigenvalue weighted by Crippen LogP contribution is 2.18. The summed E-state index contributed by atoms with van der Waals surface area (Å²) in [5.74, 6) is 0.921. The van der Waals surface area contributed by atoms with Gasteiger partial charge in [-0.1, -0.05) is 35.9 Å². The first-order valence-electron chi connectivity index (χ1n) is 8.35. The molecule has 1 aromatic rings. The first kappa shape index (κ1) is 19.4. The molecule has 0 aromatic carbocycles. The molecule has 0 aliphatic carbocycles. The van der Waals surface area contributed by atoms with Gasteiger partial charge in [0.15, 0.2) is 0 Å². The van der Waals surface area contributed by atoms with Crippen molar-refractivity contribution >= 4 is 33.6 Å². The second-order valence-electron chi connectivity index (χ2n) is 6.23. The van der Waals surface area contributed by atoms with Crippen molar-refractivity contribution in [1.82, 2.24) is 20.2 Å². The number of anilines is 1. The summed E-state index contributed by atoms with van der Waals surface area (Å²) in [7, 11) is 0. The monoisotopic (exact) mass is 409 g/mol. The van der Waals surface area contributed by atoms with Crippen molar-refractivity contribution in [2.24, 2.45) is 0 Å². The van der Waals surface area contributed by atoms with Gasteiger partial charge in [0, 0.05) is 50.4 Å². The van der Waals surface area contributed by atoms with Gasteiger partial charge in [0.1, 0.15) is 11.6 Å². The van der Waals surface area contributed by atoms with Gasteiger partial charge in [-0.25, -0.2) is 9.97 Å². The number of rotatable bonds is 4. The number of nitrogens with one attached hydrogen (secondary N) is 1.